The molecule has 0 N–H and O–H groups in total. The monoisotopic (exact) mass is 346 g/mol. The smallest absolute Gasteiger partial charge is 0.353 e. The first-order valence-corrected chi connectivity index (χ1v) is 7.90. The predicted molar refractivity (Wildman–Crippen MR) is 93.8 cm³/mol. The van der Waals surface area contributed by atoms with Crippen LogP contribution in [-0.4, -0.2) is 55.2 Å². The van der Waals surface area contributed by atoms with Gasteiger partial charge in [-0.05, 0) is 12.1 Å². The number of benzene rings is 1. The molecule has 1 aromatic carbocycles. The zero-order valence-electron chi connectivity index (χ0n) is 14.1. The fourth-order valence-electron chi connectivity index (χ4n) is 2.95. The zero-order valence-corrected chi connectivity index (χ0v) is 14.1. The van der Waals surface area contributed by atoms with Crippen molar-refractivity contribution in [3.8, 4) is 0 Å². The largest absolute Gasteiger partial charge is 0.366 e. The molecule has 0 bridgehead atoms. The van der Waals surface area contributed by atoms with E-state index in [0.717, 1.165) is 0 Å². The number of halogens is 1. The van der Waals surface area contributed by atoms with E-state index in [0.29, 0.717) is 37.7 Å². The molecule has 0 unspecified atom stereocenters. The van der Waals surface area contributed by atoms with E-state index in [9.17, 15) is 14.5 Å². The minimum Gasteiger partial charge on any atom is -0.366 e. The Hall–Kier alpha value is -2.97. The second-order valence-corrected chi connectivity index (χ2v) is 5.95. The van der Waals surface area contributed by atoms with Crippen molar-refractivity contribution >= 4 is 23.0 Å². The molecular formula is C16H19FN6O2. The molecule has 1 saturated heterocycles. The quantitative estimate of drug-likeness (QED) is 0.618. The zero-order chi connectivity index (χ0) is 18.0. The van der Waals surface area contributed by atoms with Crippen LogP contribution in [0.3, 0.4) is 0 Å². The van der Waals surface area contributed by atoms with E-state index < -0.39 is 4.92 Å². The Morgan fingerprint density at radius 2 is 1.76 bits per heavy atom. The average molecular weight is 346 g/mol. The topological polar surface area (TPSA) is 78.6 Å². The van der Waals surface area contributed by atoms with Crippen LogP contribution in [-0.2, 0) is 0 Å². The number of nitro groups is 1. The summed E-state index contributed by atoms with van der Waals surface area (Å²) < 4.78 is 13.9. The van der Waals surface area contributed by atoms with Gasteiger partial charge in [0.2, 0.25) is 11.6 Å². The van der Waals surface area contributed by atoms with Gasteiger partial charge in [-0.2, -0.15) is 0 Å². The van der Waals surface area contributed by atoms with Crippen molar-refractivity contribution in [3.63, 3.8) is 0 Å². The van der Waals surface area contributed by atoms with Crippen LogP contribution in [0.1, 0.15) is 0 Å². The Labute approximate surface area is 144 Å². The van der Waals surface area contributed by atoms with E-state index in [1.807, 2.05) is 9.80 Å². The fraction of sp³-hybridized carbons (Fsp3) is 0.375. The van der Waals surface area contributed by atoms with Crippen LogP contribution in [0.25, 0.3) is 0 Å². The second-order valence-electron chi connectivity index (χ2n) is 5.95. The van der Waals surface area contributed by atoms with Crippen molar-refractivity contribution in [2.75, 3.05) is 55.0 Å². The van der Waals surface area contributed by atoms with Gasteiger partial charge in [0.1, 0.15) is 12.1 Å². The third kappa shape index (κ3) is 3.30. The summed E-state index contributed by atoms with van der Waals surface area (Å²) in [6.45, 7) is 2.14. The third-order valence-corrected chi connectivity index (χ3v) is 4.16. The molecule has 1 aromatic heterocycles. The predicted octanol–water partition coefficient (Wildman–Crippen LogP) is 1.92. The van der Waals surface area contributed by atoms with Crippen LogP contribution in [0.2, 0.25) is 0 Å². The molecule has 0 aliphatic carbocycles. The van der Waals surface area contributed by atoms with E-state index in [1.54, 1.807) is 37.2 Å². The van der Waals surface area contributed by atoms with Crippen LogP contribution >= 0.6 is 0 Å². The summed E-state index contributed by atoms with van der Waals surface area (Å²) in [7, 11) is 3.41. The van der Waals surface area contributed by atoms with Crippen LogP contribution in [0.4, 0.5) is 27.4 Å². The number of para-hydroxylation sites is 1. The maximum absolute atomic E-state index is 13.9. The molecule has 2 heterocycles. The van der Waals surface area contributed by atoms with Crippen molar-refractivity contribution in [1.29, 1.82) is 0 Å². The maximum atomic E-state index is 13.9. The third-order valence-electron chi connectivity index (χ3n) is 4.16. The highest BCUT2D eigenvalue weighted by Crippen LogP contribution is 2.34. The van der Waals surface area contributed by atoms with Gasteiger partial charge in [0.15, 0.2) is 0 Å². The summed E-state index contributed by atoms with van der Waals surface area (Å²) in [6, 6.07) is 6.62. The molecule has 9 heteroatoms. The van der Waals surface area contributed by atoms with Crippen molar-refractivity contribution in [2.24, 2.45) is 0 Å². The van der Waals surface area contributed by atoms with Crippen molar-refractivity contribution in [1.82, 2.24) is 9.97 Å². The lowest BCUT2D eigenvalue weighted by Gasteiger charge is -2.36. The molecule has 0 spiro atoms. The fourth-order valence-corrected chi connectivity index (χ4v) is 2.95. The van der Waals surface area contributed by atoms with E-state index in [1.165, 1.54) is 12.4 Å². The molecule has 1 aliphatic heterocycles. The standard InChI is InChI=1S/C16H19FN6O2/c1-20(2)15-14(23(24)25)16(19-11-18-15)22-9-7-21(8-10-22)13-6-4-3-5-12(13)17/h3-6,11H,7-10H2,1-2H3. The molecule has 0 saturated carbocycles. The van der Waals surface area contributed by atoms with E-state index in [4.69, 9.17) is 0 Å². The van der Waals surface area contributed by atoms with Crippen LogP contribution in [0.15, 0.2) is 30.6 Å². The lowest BCUT2D eigenvalue weighted by molar-refractivity contribution is -0.383. The number of hydrogen-bond acceptors (Lipinski definition) is 7. The molecule has 0 radical (unpaired) electrons. The number of nitrogens with zero attached hydrogens (tertiary/aromatic N) is 6. The SMILES string of the molecule is CN(C)c1ncnc(N2CCN(c3ccccc3F)CC2)c1[N+](=O)[O-]. The summed E-state index contributed by atoms with van der Waals surface area (Å²) in [6.07, 6.45) is 1.33. The van der Waals surface area contributed by atoms with Gasteiger partial charge < -0.3 is 14.7 Å². The summed E-state index contributed by atoms with van der Waals surface area (Å²) in [5.74, 6) is 0.308. The second kappa shape index (κ2) is 6.88. The van der Waals surface area contributed by atoms with Gasteiger partial charge in [0.05, 0.1) is 10.6 Å². The minimum absolute atomic E-state index is 0.105. The first-order chi connectivity index (χ1) is 12.0. The lowest BCUT2D eigenvalue weighted by Crippen LogP contribution is -2.47. The Kier molecular flexibility index (Phi) is 4.64. The number of hydrogen-bond donors (Lipinski definition) is 0. The van der Waals surface area contributed by atoms with Crippen LogP contribution < -0.4 is 14.7 Å². The van der Waals surface area contributed by atoms with E-state index >= 15 is 0 Å². The van der Waals surface area contributed by atoms with Gasteiger partial charge in [0.25, 0.3) is 0 Å². The van der Waals surface area contributed by atoms with Gasteiger partial charge >= 0.3 is 5.69 Å². The average Bonchev–Trinajstić information content (AvgIpc) is 2.61. The van der Waals surface area contributed by atoms with Gasteiger partial charge in [-0.25, -0.2) is 14.4 Å². The lowest BCUT2D eigenvalue weighted by atomic mass is 10.2. The molecular weight excluding hydrogens is 327 g/mol. The highest BCUT2D eigenvalue weighted by molar-refractivity contribution is 5.71. The normalized spacial score (nSPS) is 14.5. The highest BCUT2D eigenvalue weighted by Gasteiger charge is 2.30. The van der Waals surface area contributed by atoms with Crippen molar-refractivity contribution in [3.05, 3.63) is 46.5 Å². The first kappa shape index (κ1) is 16.9. The van der Waals surface area contributed by atoms with Gasteiger partial charge in [-0.1, -0.05) is 12.1 Å². The Morgan fingerprint density at radius 1 is 1.12 bits per heavy atom. The van der Waals surface area contributed by atoms with Crippen molar-refractivity contribution < 1.29 is 9.31 Å². The Morgan fingerprint density at radius 3 is 2.36 bits per heavy atom. The van der Waals surface area contributed by atoms with Crippen molar-refractivity contribution in [2.45, 2.75) is 0 Å². The number of piperazine rings is 1. The highest BCUT2D eigenvalue weighted by atomic mass is 19.1. The van der Waals surface area contributed by atoms with Gasteiger partial charge in [-0.15, -0.1) is 0 Å². The number of anilines is 3. The summed E-state index contributed by atoms with van der Waals surface area (Å²) in [4.78, 5) is 24.6. The van der Waals surface area contributed by atoms with Crippen LogP contribution in [0.5, 0.6) is 0 Å². The maximum Gasteiger partial charge on any atom is 0.353 e. The Balaban J connectivity index is 1.83. The van der Waals surface area contributed by atoms with Gasteiger partial charge in [0, 0.05) is 40.3 Å². The molecule has 0 amide bonds. The molecule has 1 fully saturated rings. The molecule has 1 aliphatic rings. The number of aromatic nitrogens is 2. The van der Waals surface area contributed by atoms with E-state index in [2.05, 4.69) is 9.97 Å². The summed E-state index contributed by atoms with van der Waals surface area (Å²) in [5, 5.41) is 11.5. The molecule has 0 atom stereocenters. The molecule has 2 aromatic rings. The molecule has 25 heavy (non-hydrogen) atoms. The number of rotatable bonds is 4. The summed E-state index contributed by atoms with van der Waals surface area (Å²) >= 11 is 0. The first-order valence-electron chi connectivity index (χ1n) is 7.90. The molecule has 132 valence electrons. The molecule has 3 rings (SSSR count). The van der Waals surface area contributed by atoms with E-state index in [-0.39, 0.29) is 17.3 Å². The van der Waals surface area contributed by atoms with Gasteiger partial charge in [-0.3, -0.25) is 10.1 Å². The minimum atomic E-state index is -0.450. The molecule has 8 nitrogen and oxygen atoms in total. The summed E-state index contributed by atoms with van der Waals surface area (Å²) in [5.41, 5.74) is 0.445. The Bertz CT molecular complexity index is 777. The van der Waals surface area contributed by atoms with Crippen LogP contribution in [0, 0.1) is 15.9 Å².